The average molecular weight is 480 g/mol. The molecule has 0 amide bonds. The molecular formula is C31H24F2NP. The van der Waals surface area contributed by atoms with Crippen LogP contribution in [0.3, 0.4) is 0 Å². The van der Waals surface area contributed by atoms with Crippen LogP contribution in [0.4, 0.5) is 25.8 Å². The Bertz CT molecular complexity index is 1360. The molecule has 0 heterocycles. The molecular weight excluding hydrogens is 455 g/mol. The Balaban J connectivity index is 1.63. The second kappa shape index (κ2) is 9.74. The summed E-state index contributed by atoms with van der Waals surface area (Å²) in [5, 5.41) is 2.89. The van der Waals surface area contributed by atoms with Gasteiger partial charge in [0.1, 0.15) is 11.6 Å². The fourth-order valence-electron chi connectivity index (χ4n) is 4.30. The number of halogens is 2. The van der Waals surface area contributed by atoms with Gasteiger partial charge in [0.15, 0.2) is 0 Å². The molecule has 0 saturated carbocycles. The van der Waals surface area contributed by atoms with Crippen LogP contribution in [-0.2, 0) is 0 Å². The molecule has 0 fully saturated rings. The number of rotatable bonds is 6. The van der Waals surface area contributed by atoms with E-state index in [-0.39, 0.29) is 11.6 Å². The van der Waals surface area contributed by atoms with E-state index in [1.54, 1.807) is 24.3 Å². The van der Waals surface area contributed by atoms with Crippen LogP contribution in [0.25, 0.3) is 0 Å². The van der Waals surface area contributed by atoms with Crippen molar-refractivity contribution in [3.8, 4) is 0 Å². The van der Waals surface area contributed by atoms with Gasteiger partial charge < -0.3 is 4.90 Å². The highest BCUT2D eigenvalue weighted by Gasteiger charge is 2.23. The van der Waals surface area contributed by atoms with Gasteiger partial charge in [-0.3, -0.25) is 0 Å². The van der Waals surface area contributed by atoms with Gasteiger partial charge >= 0.3 is 0 Å². The van der Waals surface area contributed by atoms with E-state index < -0.39 is 6.89 Å². The van der Waals surface area contributed by atoms with Gasteiger partial charge in [-0.25, -0.2) is 8.78 Å². The van der Waals surface area contributed by atoms with Gasteiger partial charge in [0, 0.05) is 17.1 Å². The molecule has 172 valence electrons. The third-order valence-electron chi connectivity index (χ3n) is 6.11. The molecule has 5 aromatic rings. The van der Waals surface area contributed by atoms with Crippen LogP contribution in [-0.4, -0.2) is 6.30 Å². The van der Waals surface area contributed by atoms with Crippen molar-refractivity contribution in [2.45, 2.75) is 0 Å². The number of benzene rings is 5. The summed E-state index contributed by atoms with van der Waals surface area (Å²) in [4.78, 5) is 2.20. The maximum atomic E-state index is 13.7. The molecule has 0 aliphatic rings. The van der Waals surface area contributed by atoms with E-state index in [9.17, 15) is 8.78 Å². The first-order valence-corrected chi connectivity index (χ1v) is 13.3. The third kappa shape index (κ3) is 4.56. The van der Waals surface area contributed by atoms with Crippen LogP contribution in [0.1, 0.15) is 0 Å². The Kier molecular flexibility index (Phi) is 6.35. The quantitative estimate of drug-likeness (QED) is 0.234. The molecule has 0 aliphatic heterocycles. The van der Waals surface area contributed by atoms with Crippen molar-refractivity contribution >= 4 is 46.2 Å². The maximum Gasteiger partial charge on any atom is 0.123 e. The van der Waals surface area contributed by atoms with Crippen LogP contribution in [0.2, 0.25) is 0 Å². The van der Waals surface area contributed by atoms with Gasteiger partial charge in [-0.2, -0.15) is 0 Å². The molecule has 1 nitrogen and oxygen atoms in total. The standard InChI is InChI=1S/C31H24F2NP/c1-35(29-18-12-24(32)13-19-29,30-20-14-25(33)15-21-30)31-22-16-28(17-23-31)34(26-8-4-2-5-9-26)27-10-6-3-7-11-27/h2-23H,1H2. The number of nitrogens with zero attached hydrogens (tertiary/aromatic N) is 1. The summed E-state index contributed by atoms with van der Waals surface area (Å²) in [6.07, 6.45) is 4.68. The zero-order valence-corrected chi connectivity index (χ0v) is 20.0. The van der Waals surface area contributed by atoms with Gasteiger partial charge in [-0.1, -0.05) is 79.1 Å². The van der Waals surface area contributed by atoms with E-state index in [1.165, 1.54) is 24.3 Å². The molecule has 0 bridgehead atoms. The van der Waals surface area contributed by atoms with E-state index >= 15 is 0 Å². The Morgan fingerprint density at radius 1 is 0.429 bits per heavy atom. The van der Waals surface area contributed by atoms with Crippen LogP contribution < -0.4 is 20.8 Å². The summed E-state index contributed by atoms with van der Waals surface area (Å²) in [5.74, 6) is -0.591. The minimum Gasteiger partial charge on any atom is -0.311 e. The van der Waals surface area contributed by atoms with Crippen LogP contribution in [0.15, 0.2) is 133 Å². The molecule has 0 atom stereocenters. The highest BCUT2D eigenvalue weighted by molar-refractivity contribution is 7.93. The average Bonchev–Trinajstić information content (AvgIpc) is 2.91. The molecule has 4 heteroatoms. The minimum atomic E-state index is -2.36. The van der Waals surface area contributed by atoms with Crippen molar-refractivity contribution in [2.24, 2.45) is 0 Å². The summed E-state index contributed by atoms with van der Waals surface area (Å²) >= 11 is 0. The molecule has 0 saturated heterocycles. The first-order valence-electron chi connectivity index (χ1n) is 11.3. The number of hydrogen-bond donors (Lipinski definition) is 0. The second-order valence-electron chi connectivity index (χ2n) is 8.29. The maximum absolute atomic E-state index is 13.7. The normalized spacial score (nSPS) is 11.3. The van der Waals surface area contributed by atoms with Crippen LogP contribution in [0.5, 0.6) is 0 Å². The lowest BCUT2D eigenvalue weighted by atomic mass is 10.2. The molecule has 0 unspecified atom stereocenters. The molecule has 5 rings (SSSR count). The predicted octanol–water partition coefficient (Wildman–Crippen LogP) is 7.16. The van der Waals surface area contributed by atoms with Crippen molar-refractivity contribution in [1.82, 2.24) is 0 Å². The first-order chi connectivity index (χ1) is 17.1. The Labute approximate surface area is 204 Å². The molecule has 5 aromatic carbocycles. The minimum absolute atomic E-state index is 0.295. The lowest BCUT2D eigenvalue weighted by Gasteiger charge is -2.29. The third-order valence-corrected chi connectivity index (χ3v) is 9.65. The Morgan fingerprint density at radius 3 is 1.11 bits per heavy atom. The first kappa shape index (κ1) is 22.8. The predicted molar refractivity (Wildman–Crippen MR) is 147 cm³/mol. The smallest absolute Gasteiger partial charge is 0.123 e. The van der Waals surface area contributed by atoms with E-state index in [0.717, 1.165) is 33.0 Å². The summed E-state index contributed by atoms with van der Waals surface area (Å²) in [7, 11) is 0. The van der Waals surface area contributed by atoms with Crippen molar-refractivity contribution in [2.75, 3.05) is 4.90 Å². The molecule has 0 aliphatic carbocycles. The van der Waals surface area contributed by atoms with Crippen LogP contribution in [0, 0.1) is 11.6 Å². The van der Waals surface area contributed by atoms with Crippen molar-refractivity contribution < 1.29 is 8.78 Å². The van der Waals surface area contributed by atoms with Gasteiger partial charge in [-0.15, -0.1) is 0 Å². The molecule has 0 aromatic heterocycles. The molecule has 0 spiro atoms. The monoisotopic (exact) mass is 479 g/mol. The van der Waals surface area contributed by atoms with Crippen molar-refractivity contribution in [3.63, 3.8) is 0 Å². The molecule has 0 radical (unpaired) electrons. The van der Waals surface area contributed by atoms with Gasteiger partial charge in [-0.05, 0) is 83.5 Å². The van der Waals surface area contributed by atoms with Crippen molar-refractivity contribution in [3.05, 3.63) is 145 Å². The highest BCUT2D eigenvalue weighted by atomic mass is 31.2. The van der Waals surface area contributed by atoms with E-state index in [0.29, 0.717) is 0 Å². The number of para-hydroxylation sites is 2. The van der Waals surface area contributed by atoms with Gasteiger partial charge in [0.05, 0.1) is 0 Å². The fourth-order valence-corrected chi connectivity index (χ4v) is 7.16. The largest absolute Gasteiger partial charge is 0.311 e. The zero-order valence-electron chi connectivity index (χ0n) is 19.1. The summed E-state index contributed by atoms with van der Waals surface area (Å²) < 4.78 is 27.5. The number of hydrogen-bond acceptors (Lipinski definition) is 1. The Morgan fingerprint density at radius 2 is 0.743 bits per heavy atom. The van der Waals surface area contributed by atoms with E-state index in [2.05, 4.69) is 59.7 Å². The SMILES string of the molecule is C=P(c1ccc(F)cc1)(c1ccc(F)cc1)c1ccc(N(c2ccccc2)c2ccccc2)cc1. The molecule has 35 heavy (non-hydrogen) atoms. The summed E-state index contributed by atoms with van der Waals surface area (Å²) in [6, 6.07) is 41.7. The Hall–Kier alpha value is -3.94. The molecule has 0 N–H and O–H groups in total. The topological polar surface area (TPSA) is 3.24 Å². The lowest BCUT2D eigenvalue weighted by molar-refractivity contribution is 0.628. The van der Waals surface area contributed by atoms with Crippen LogP contribution >= 0.6 is 6.89 Å². The van der Waals surface area contributed by atoms with Gasteiger partial charge in [0.2, 0.25) is 0 Å². The fraction of sp³-hybridized carbons (Fsp3) is 0. The zero-order chi connectivity index (χ0) is 24.3. The van der Waals surface area contributed by atoms with E-state index in [1.807, 2.05) is 36.4 Å². The second-order valence-corrected chi connectivity index (χ2v) is 11.5. The van der Waals surface area contributed by atoms with E-state index in [4.69, 9.17) is 0 Å². The van der Waals surface area contributed by atoms with Gasteiger partial charge in [0.25, 0.3) is 0 Å². The summed E-state index contributed by atoms with van der Waals surface area (Å²) in [5.41, 5.74) is 3.12. The van der Waals surface area contributed by atoms with Crippen molar-refractivity contribution in [1.29, 1.82) is 0 Å². The summed E-state index contributed by atoms with van der Waals surface area (Å²) in [6.45, 7) is -2.36. The lowest BCUT2D eigenvalue weighted by Crippen LogP contribution is -2.25. The highest BCUT2D eigenvalue weighted by Crippen LogP contribution is 2.43. The number of anilines is 3.